The molecule has 134 valence electrons. The van der Waals surface area contributed by atoms with E-state index in [1.807, 2.05) is 32.0 Å². The van der Waals surface area contributed by atoms with Crippen LogP contribution in [0.4, 0.5) is 10.5 Å². The molecule has 0 bridgehead atoms. The van der Waals surface area contributed by atoms with Crippen molar-refractivity contribution in [3.63, 3.8) is 0 Å². The highest BCUT2D eigenvalue weighted by atomic mass is 32.2. The van der Waals surface area contributed by atoms with Gasteiger partial charge in [-0.25, -0.2) is 9.78 Å². The van der Waals surface area contributed by atoms with Crippen molar-refractivity contribution in [3.8, 4) is 0 Å². The van der Waals surface area contributed by atoms with Gasteiger partial charge in [0, 0.05) is 18.8 Å². The Kier molecular flexibility index (Phi) is 5.45. The Labute approximate surface area is 153 Å². The second kappa shape index (κ2) is 7.59. The van der Waals surface area contributed by atoms with Crippen LogP contribution in [0, 0.1) is 0 Å². The second-order valence-corrected chi connectivity index (χ2v) is 8.26. The Balaban J connectivity index is 1.68. The normalized spacial score (nSPS) is 20.6. The van der Waals surface area contributed by atoms with E-state index < -0.39 is 0 Å². The maximum Gasteiger partial charge on any atom is 0.322 e. The van der Waals surface area contributed by atoms with E-state index in [4.69, 9.17) is 10.5 Å². The molecule has 0 aliphatic carbocycles. The van der Waals surface area contributed by atoms with Crippen molar-refractivity contribution in [2.45, 2.75) is 30.4 Å². The van der Waals surface area contributed by atoms with Crippen LogP contribution in [-0.2, 0) is 9.53 Å². The number of amides is 3. The molecule has 3 amide bonds. The molecule has 1 aliphatic rings. The molecule has 1 fully saturated rings. The number of hydrogen-bond acceptors (Lipinski definition) is 6. The minimum absolute atomic E-state index is 0.0308. The van der Waals surface area contributed by atoms with Crippen LogP contribution in [0.5, 0.6) is 0 Å². The molecule has 1 aliphatic heterocycles. The van der Waals surface area contributed by atoms with Crippen LogP contribution in [0.25, 0.3) is 10.2 Å². The fourth-order valence-corrected chi connectivity index (χ4v) is 4.57. The number of nitrogens with zero attached hydrogens (tertiary/aromatic N) is 2. The number of nitrogens with one attached hydrogen (secondary N) is 1. The molecular weight excluding hydrogens is 360 g/mol. The van der Waals surface area contributed by atoms with Crippen LogP contribution in [0.3, 0.4) is 0 Å². The molecule has 3 rings (SSSR count). The van der Waals surface area contributed by atoms with Gasteiger partial charge in [0.25, 0.3) is 0 Å². The number of benzene rings is 1. The molecule has 2 aromatic rings. The Morgan fingerprint density at radius 1 is 1.40 bits per heavy atom. The van der Waals surface area contributed by atoms with Crippen molar-refractivity contribution < 1.29 is 14.3 Å². The summed E-state index contributed by atoms with van der Waals surface area (Å²) in [6.45, 7) is 5.08. The lowest BCUT2D eigenvalue weighted by molar-refractivity contribution is -0.115. The third kappa shape index (κ3) is 4.62. The lowest BCUT2D eigenvalue weighted by Gasteiger charge is -2.35. The Morgan fingerprint density at radius 3 is 2.80 bits per heavy atom. The van der Waals surface area contributed by atoms with Crippen LogP contribution in [-0.4, -0.2) is 52.9 Å². The van der Waals surface area contributed by atoms with Gasteiger partial charge in [0.05, 0.1) is 28.2 Å². The highest BCUT2D eigenvalue weighted by Crippen LogP contribution is 2.31. The molecule has 25 heavy (non-hydrogen) atoms. The summed E-state index contributed by atoms with van der Waals surface area (Å²) >= 11 is 2.80. The van der Waals surface area contributed by atoms with E-state index in [0.29, 0.717) is 13.1 Å². The van der Waals surface area contributed by atoms with Gasteiger partial charge in [-0.2, -0.15) is 0 Å². The number of primary amides is 1. The van der Waals surface area contributed by atoms with Gasteiger partial charge in [0.2, 0.25) is 5.91 Å². The lowest BCUT2D eigenvalue weighted by atomic mass is 10.2. The number of rotatable bonds is 4. The Hall–Kier alpha value is -1.84. The lowest BCUT2D eigenvalue weighted by Crippen LogP contribution is -2.49. The summed E-state index contributed by atoms with van der Waals surface area (Å²) in [5.74, 6) is -0.164. The fraction of sp³-hybridized carbons (Fsp3) is 0.438. The number of carbonyl (C=O) groups excluding carboxylic acids is 2. The van der Waals surface area contributed by atoms with Gasteiger partial charge in [0.15, 0.2) is 4.34 Å². The molecule has 1 saturated heterocycles. The minimum Gasteiger partial charge on any atom is -0.372 e. The maximum atomic E-state index is 12.5. The largest absolute Gasteiger partial charge is 0.372 e. The number of thiazole rings is 1. The number of aromatic nitrogens is 1. The highest BCUT2D eigenvalue weighted by Gasteiger charge is 2.25. The van der Waals surface area contributed by atoms with Gasteiger partial charge >= 0.3 is 6.03 Å². The van der Waals surface area contributed by atoms with Crippen LogP contribution >= 0.6 is 23.1 Å². The van der Waals surface area contributed by atoms with E-state index >= 15 is 0 Å². The first-order valence-corrected chi connectivity index (χ1v) is 9.74. The summed E-state index contributed by atoms with van der Waals surface area (Å²) in [7, 11) is 0. The van der Waals surface area contributed by atoms with Gasteiger partial charge in [-0.15, -0.1) is 11.3 Å². The fourth-order valence-electron chi connectivity index (χ4n) is 2.72. The molecule has 9 heteroatoms. The minimum atomic E-state index is -0.369. The van der Waals surface area contributed by atoms with Gasteiger partial charge in [0.1, 0.15) is 0 Å². The van der Waals surface area contributed by atoms with E-state index in [2.05, 4.69) is 10.3 Å². The molecule has 2 atom stereocenters. The molecule has 0 saturated carbocycles. The standard InChI is InChI=1S/C16H20N4O3S2/c1-9-6-20(7-10(2)23-9)15(22)18-11-3-4-12-13(5-11)25-16(19-12)24-8-14(17)21/h3-5,9-10H,6-8H2,1-2H3,(H2,17,21)(H,18,22). The number of ether oxygens (including phenoxy) is 1. The van der Waals surface area contributed by atoms with Crippen LogP contribution in [0.2, 0.25) is 0 Å². The topological polar surface area (TPSA) is 97.5 Å². The van der Waals surface area contributed by atoms with Crippen molar-refractivity contribution in [1.82, 2.24) is 9.88 Å². The van der Waals surface area contributed by atoms with Crippen LogP contribution in [0.1, 0.15) is 13.8 Å². The van der Waals surface area contributed by atoms with Crippen molar-refractivity contribution in [1.29, 1.82) is 0 Å². The first-order chi connectivity index (χ1) is 11.9. The predicted octanol–water partition coefficient (Wildman–Crippen LogP) is 2.51. The van der Waals surface area contributed by atoms with Crippen LogP contribution < -0.4 is 11.1 Å². The molecule has 1 aromatic carbocycles. The average Bonchev–Trinajstić information content (AvgIpc) is 2.94. The van der Waals surface area contributed by atoms with Crippen molar-refractivity contribution in [2.24, 2.45) is 5.73 Å². The first kappa shape index (κ1) is 18.0. The number of morpholine rings is 1. The quantitative estimate of drug-likeness (QED) is 0.794. The molecule has 1 aromatic heterocycles. The number of carbonyl (C=O) groups is 2. The zero-order valence-corrected chi connectivity index (χ0v) is 15.7. The smallest absolute Gasteiger partial charge is 0.322 e. The van der Waals surface area contributed by atoms with Crippen LogP contribution in [0.15, 0.2) is 22.5 Å². The molecule has 2 heterocycles. The molecule has 3 N–H and O–H groups in total. The van der Waals surface area contributed by atoms with E-state index in [1.54, 1.807) is 4.90 Å². The van der Waals surface area contributed by atoms with Gasteiger partial charge in [-0.3, -0.25) is 4.79 Å². The highest BCUT2D eigenvalue weighted by molar-refractivity contribution is 8.01. The number of nitrogens with two attached hydrogens (primary N) is 1. The first-order valence-electron chi connectivity index (χ1n) is 7.94. The van der Waals surface area contributed by atoms with Crippen molar-refractivity contribution in [2.75, 3.05) is 24.2 Å². The molecule has 0 radical (unpaired) electrons. The molecule has 0 spiro atoms. The average molecular weight is 380 g/mol. The number of anilines is 1. The van der Waals surface area contributed by atoms with E-state index in [9.17, 15) is 9.59 Å². The number of thioether (sulfide) groups is 1. The zero-order chi connectivity index (χ0) is 18.0. The summed E-state index contributed by atoms with van der Waals surface area (Å²) in [6, 6.07) is 5.46. The van der Waals surface area contributed by atoms with Crippen molar-refractivity contribution in [3.05, 3.63) is 18.2 Å². The Bertz CT molecular complexity index is 785. The van der Waals surface area contributed by atoms with Crippen molar-refractivity contribution >= 4 is 50.9 Å². The zero-order valence-electron chi connectivity index (χ0n) is 14.0. The molecular formula is C16H20N4O3S2. The SMILES string of the molecule is CC1CN(C(=O)Nc2ccc3nc(SCC(N)=O)sc3c2)CC(C)O1. The summed E-state index contributed by atoms with van der Waals surface area (Å²) in [6.07, 6.45) is 0.0617. The third-order valence-electron chi connectivity index (χ3n) is 3.66. The summed E-state index contributed by atoms with van der Waals surface area (Å²) in [5, 5.41) is 2.93. The predicted molar refractivity (Wildman–Crippen MR) is 100 cm³/mol. The van der Waals surface area contributed by atoms with Gasteiger partial charge in [-0.1, -0.05) is 11.8 Å². The number of fused-ring (bicyclic) bond motifs is 1. The Morgan fingerprint density at radius 2 is 2.12 bits per heavy atom. The third-order valence-corrected chi connectivity index (χ3v) is 5.85. The summed E-state index contributed by atoms with van der Waals surface area (Å²) < 4.78 is 7.39. The second-order valence-electron chi connectivity index (χ2n) is 6.01. The van der Waals surface area contributed by atoms with E-state index in [-0.39, 0.29) is 29.9 Å². The van der Waals surface area contributed by atoms with E-state index in [1.165, 1.54) is 23.1 Å². The number of urea groups is 1. The monoisotopic (exact) mass is 380 g/mol. The van der Waals surface area contributed by atoms with E-state index in [0.717, 1.165) is 20.2 Å². The number of hydrogen-bond donors (Lipinski definition) is 2. The molecule has 2 unspecified atom stereocenters. The van der Waals surface area contributed by atoms with Gasteiger partial charge in [-0.05, 0) is 32.0 Å². The van der Waals surface area contributed by atoms with Gasteiger partial charge < -0.3 is 20.7 Å². The summed E-state index contributed by atoms with van der Waals surface area (Å²) in [4.78, 5) is 29.6. The summed E-state index contributed by atoms with van der Waals surface area (Å²) in [5.41, 5.74) is 6.72. The molecule has 7 nitrogen and oxygen atoms in total. The maximum absolute atomic E-state index is 12.5.